The normalized spacial score (nSPS) is 15.5. The molecule has 1 aliphatic heterocycles. The van der Waals surface area contributed by atoms with Crippen molar-refractivity contribution in [1.82, 2.24) is 30.7 Å². The number of nitrogens with zero attached hydrogens (tertiary/aromatic N) is 3. The molecule has 1 aromatic heterocycles. The SMILES string of the molecule is C=C(CN1CCN(C)CC1)C(=O)NC[C@H](Cc1ccccc1)NC(=O)[C@H](Cc1nc2ccc(CC)cc2s1)NC(=O)CC. The number of aryl methyl sites for hydroxylation is 1. The summed E-state index contributed by atoms with van der Waals surface area (Å²) in [4.78, 5) is 48.4. The number of carbonyl (C=O) groups is 3. The number of thiazole rings is 1. The maximum Gasteiger partial charge on any atom is 0.247 e. The molecule has 2 heterocycles. The van der Waals surface area contributed by atoms with Crippen LogP contribution >= 0.6 is 11.3 Å². The topological polar surface area (TPSA) is 107 Å². The van der Waals surface area contributed by atoms with E-state index in [1.54, 1.807) is 18.3 Å². The fourth-order valence-corrected chi connectivity index (χ4v) is 6.14. The van der Waals surface area contributed by atoms with Crippen LogP contribution in [0.2, 0.25) is 0 Å². The Labute approximate surface area is 258 Å². The van der Waals surface area contributed by atoms with Crippen molar-refractivity contribution in [3.05, 3.63) is 76.8 Å². The van der Waals surface area contributed by atoms with Crippen LogP contribution in [0.1, 0.15) is 36.4 Å². The number of benzene rings is 2. The average molecular weight is 605 g/mol. The summed E-state index contributed by atoms with van der Waals surface area (Å²) >= 11 is 1.54. The number of nitrogens with one attached hydrogen (secondary N) is 3. The van der Waals surface area contributed by atoms with E-state index in [1.807, 2.05) is 36.4 Å². The van der Waals surface area contributed by atoms with Gasteiger partial charge in [0.25, 0.3) is 0 Å². The van der Waals surface area contributed by atoms with E-state index in [2.05, 4.69) is 58.4 Å². The van der Waals surface area contributed by atoms with Gasteiger partial charge in [0, 0.05) is 57.7 Å². The Morgan fingerprint density at radius 2 is 1.72 bits per heavy atom. The molecule has 0 spiro atoms. The lowest BCUT2D eigenvalue weighted by atomic mass is 10.0. The number of fused-ring (bicyclic) bond motifs is 1. The summed E-state index contributed by atoms with van der Waals surface area (Å²) in [5.74, 6) is -0.729. The van der Waals surface area contributed by atoms with Crippen LogP contribution < -0.4 is 16.0 Å². The molecule has 1 saturated heterocycles. The summed E-state index contributed by atoms with van der Waals surface area (Å²) in [5, 5.41) is 9.77. The second-order valence-electron chi connectivity index (χ2n) is 11.2. The Bertz CT molecular complexity index is 1400. The average Bonchev–Trinajstić information content (AvgIpc) is 3.42. The lowest BCUT2D eigenvalue weighted by Crippen LogP contribution is -2.53. The Morgan fingerprint density at radius 1 is 0.977 bits per heavy atom. The molecule has 1 aliphatic rings. The van der Waals surface area contributed by atoms with Gasteiger partial charge < -0.3 is 20.9 Å². The second kappa shape index (κ2) is 15.7. The first kappa shape index (κ1) is 32.3. The van der Waals surface area contributed by atoms with E-state index in [-0.39, 0.29) is 37.1 Å². The van der Waals surface area contributed by atoms with Crippen LogP contribution in [0, 0.1) is 0 Å². The molecular weight excluding hydrogens is 560 g/mol. The van der Waals surface area contributed by atoms with Crippen molar-refractivity contribution in [2.24, 2.45) is 0 Å². The first-order valence-corrected chi connectivity index (χ1v) is 15.9. The molecule has 3 aromatic rings. The third-order valence-electron chi connectivity index (χ3n) is 7.77. The van der Waals surface area contributed by atoms with Crippen LogP contribution in [0.25, 0.3) is 10.2 Å². The van der Waals surface area contributed by atoms with E-state index in [0.29, 0.717) is 18.5 Å². The van der Waals surface area contributed by atoms with Gasteiger partial charge in [-0.05, 0) is 43.1 Å². The number of hydrogen-bond donors (Lipinski definition) is 3. The van der Waals surface area contributed by atoms with E-state index in [1.165, 1.54) is 5.56 Å². The first-order chi connectivity index (χ1) is 20.7. The monoisotopic (exact) mass is 604 g/mol. The molecule has 2 atom stereocenters. The van der Waals surface area contributed by atoms with Crippen LogP contribution in [0.5, 0.6) is 0 Å². The van der Waals surface area contributed by atoms with Gasteiger partial charge in [-0.15, -0.1) is 11.3 Å². The molecule has 0 saturated carbocycles. The molecule has 43 heavy (non-hydrogen) atoms. The maximum atomic E-state index is 13.7. The van der Waals surface area contributed by atoms with Crippen LogP contribution in [-0.2, 0) is 33.6 Å². The van der Waals surface area contributed by atoms with Crippen molar-refractivity contribution in [1.29, 1.82) is 0 Å². The number of aromatic nitrogens is 1. The minimum Gasteiger partial charge on any atom is -0.350 e. The molecular formula is C33H44N6O3S. The lowest BCUT2D eigenvalue weighted by molar-refractivity contribution is -0.129. The number of likely N-dealkylation sites (N-methyl/N-ethyl adjacent to an activating group) is 1. The molecule has 0 bridgehead atoms. The van der Waals surface area contributed by atoms with Gasteiger partial charge in [-0.25, -0.2) is 4.98 Å². The zero-order valence-corrected chi connectivity index (χ0v) is 26.3. The van der Waals surface area contributed by atoms with Crippen molar-refractivity contribution < 1.29 is 14.4 Å². The summed E-state index contributed by atoms with van der Waals surface area (Å²) in [5.41, 5.74) is 3.66. The highest BCUT2D eigenvalue weighted by molar-refractivity contribution is 7.18. The predicted molar refractivity (Wildman–Crippen MR) is 173 cm³/mol. The van der Waals surface area contributed by atoms with Crippen molar-refractivity contribution in [2.45, 2.75) is 51.6 Å². The molecule has 9 nitrogen and oxygen atoms in total. The smallest absolute Gasteiger partial charge is 0.247 e. The van der Waals surface area contributed by atoms with E-state index in [4.69, 9.17) is 4.98 Å². The predicted octanol–water partition coefficient (Wildman–Crippen LogP) is 2.94. The quantitative estimate of drug-likeness (QED) is 0.245. The molecule has 3 N–H and O–H groups in total. The Morgan fingerprint density at radius 3 is 2.42 bits per heavy atom. The number of carbonyl (C=O) groups excluding carboxylic acids is 3. The van der Waals surface area contributed by atoms with Gasteiger partial charge in [0.15, 0.2) is 0 Å². The van der Waals surface area contributed by atoms with E-state index in [0.717, 1.165) is 53.4 Å². The summed E-state index contributed by atoms with van der Waals surface area (Å²) in [6.07, 6.45) is 2.00. The third kappa shape index (κ3) is 9.71. The minimum atomic E-state index is -0.792. The van der Waals surface area contributed by atoms with Gasteiger partial charge in [0.1, 0.15) is 6.04 Å². The van der Waals surface area contributed by atoms with Gasteiger partial charge >= 0.3 is 0 Å². The highest BCUT2D eigenvalue weighted by Gasteiger charge is 2.26. The van der Waals surface area contributed by atoms with Gasteiger partial charge in [-0.2, -0.15) is 0 Å². The van der Waals surface area contributed by atoms with Crippen LogP contribution in [0.4, 0.5) is 0 Å². The zero-order valence-electron chi connectivity index (χ0n) is 25.5. The number of rotatable bonds is 14. The first-order valence-electron chi connectivity index (χ1n) is 15.1. The number of piperazine rings is 1. The third-order valence-corrected chi connectivity index (χ3v) is 8.81. The van der Waals surface area contributed by atoms with Crippen molar-refractivity contribution in [3.8, 4) is 0 Å². The maximum absolute atomic E-state index is 13.7. The second-order valence-corrected chi connectivity index (χ2v) is 12.3. The van der Waals surface area contributed by atoms with Crippen LogP contribution in [-0.4, -0.2) is 90.9 Å². The fourth-order valence-electron chi connectivity index (χ4n) is 5.07. The molecule has 0 unspecified atom stereocenters. The van der Waals surface area contributed by atoms with Crippen molar-refractivity contribution >= 4 is 39.3 Å². The standard InChI is InChI=1S/C33H44N6O3S/c1-5-24-12-13-27-29(19-24)43-31(37-27)20-28(36-30(40)6-2)33(42)35-26(18-25-10-8-7-9-11-25)21-34-32(41)23(3)22-39-16-14-38(4)15-17-39/h7-13,19,26,28H,3,5-6,14-18,20-22H2,1-2,4H3,(H,34,41)(H,35,42)(H,36,40)/t26-,28-/m0/s1. The van der Waals surface area contributed by atoms with Gasteiger partial charge in [-0.3, -0.25) is 19.3 Å². The van der Waals surface area contributed by atoms with Crippen LogP contribution in [0.15, 0.2) is 60.7 Å². The van der Waals surface area contributed by atoms with Gasteiger partial charge in [0.05, 0.1) is 21.3 Å². The van der Waals surface area contributed by atoms with Gasteiger partial charge in [-0.1, -0.05) is 56.8 Å². The summed E-state index contributed by atoms with van der Waals surface area (Å²) in [6, 6.07) is 14.9. The van der Waals surface area contributed by atoms with E-state index < -0.39 is 12.1 Å². The Kier molecular flexibility index (Phi) is 11.8. The van der Waals surface area contributed by atoms with Gasteiger partial charge in [0.2, 0.25) is 17.7 Å². The molecule has 4 rings (SSSR count). The number of amides is 3. The number of hydrogen-bond acceptors (Lipinski definition) is 7. The van der Waals surface area contributed by atoms with E-state index in [9.17, 15) is 14.4 Å². The molecule has 0 aliphatic carbocycles. The molecule has 2 aromatic carbocycles. The molecule has 0 radical (unpaired) electrons. The molecule has 10 heteroatoms. The minimum absolute atomic E-state index is 0.206. The Hall–Kier alpha value is -3.60. The highest BCUT2D eigenvalue weighted by Crippen LogP contribution is 2.24. The van der Waals surface area contributed by atoms with Crippen molar-refractivity contribution in [2.75, 3.05) is 46.3 Å². The molecule has 1 fully saturated rings. The fraction of sp³-hybridized carbons (Fsp3) is 0.455. The molecule has 3 amide bonds. The van der Waals surface area contributed by atoms with Crippen molar-refractivity contribution in [3.63, 3.8) is 0 Å². The summed E-state index contributed by atoms with van der Waals surface area (Å²) < 4.78 is 1.07. The summed E-state index contributed by atoms with van der Waals surface area (Å²) in [7, 11) is 2.10. The Balaban J connectivity index is 1.44. The van der Waals surface area contributed by atoms with Crippen LogP contribution in [0.3, 0.4) is 0 Å². The highest BCUT2D eigenvalue weighted by atomic mass is 32.1. The lowest BCUT2D eigenvalue weighted by Gasteiger charge is -2.32. The zero-order chi connectivity index (χ0) is 30.8. The van der Waals surface area contributed by atoms with E-state index >= 15 is 0 Å². The molecule has 230 valence electrons. The largest absolute Gasteiger partial charge is 0.350 e. The summed E-state index contributed by atoms with van der Waals surface area (Å²) in [6.45, 7) is 12.4.